The van der Waals surface area contributed by atoms with E-state index in [9.17, 15) is 17.6 Å². The van der Waals surface area contributed by atoms with Crippen LogP contribution in [0.4, 0.5) is 17.6 Å². The van der Waals surface area contributed by atoms with Gasteiger partial charge in [0.1, 0.15) is 23.3 Å². The van der Waals surface area contributed by atoms with Crippen molar-refractivity contribution in [2.24, 2.45) is 5.84 Å². The Morgan fingerprint density at radius 2 is 1.62 bits per heavy atom. The van der Waals surface area contributed by atoms with Gasteiger partial charge in [-0.1, -0.05) is 17.7 Å². The highest BCUT2D eigenvalue weighted by Gasteiger charge is 2.21. The van der Waals surface area contributed by atoms with E-state index in [1.165, 1.54) is 12.1 Å². The van der Waals surface area contributed by atoms with E-state index >= 15 is 0 Å². The normalized spacial score (nSPS) is 12.5. The summed E-state index contributed by atoms with van der Waals surface area (Å²) in [6.45, 7) is 0. The molecule has 0 amide bonds. The molecule has 2 aromatic rings. The van der Waals surface area contributed by atoms with Crippen molar-refractivity contribution in [2.45, 2.75) is 12.5 Å². The Morgan fingerprint density at radius 3 is 2.14 bits per heavy atom. The lowest BCUT2D eigenvalue weighted by Crippen LogP contribution is -2.31. The van der Waals surface area contributed by atoms with Gasteiger partial charge in [0, 0.05) is 17.7 Å². The second-order valence-electron chi connectivity index (χ2n) is 4.45. The predicted molar refractivity (Wildman–Crippen MR) is 71.5 cm³/mol. The lowest BCUT2D eigenvalue weighted by Gasteiger charge is -2.18. The van der Waals surface area contributed by atoms with E-state index in [1.807, 2.05) is 0 Å². The monoisotopic (exact) mass is 318 g/mol. The zero-order valence-corrected chi connectivity index (χ0v) is 11.4. The van der Waals surface area contributed by atoms with E-state index in [4.69, 9.17) is 17.4 Å². The summed E-state index contributed by atoms with van der Waals surface area (Å²) in [6.07, 6.45) is 0.00403. The Balaban J connectivity index is 2.34. The third kappa shape index (κ3) is 3.53. The summed E-state index contributed by atoms with van der Waals surface area (Å²) in [5.74, 6) is 1.50. The number of nitrogens with one attached hydrogen (secondary N) is 1. The predicted octanol–water partition coefficient (Wildman–Crippen LogP) is 3.64. The molecule has 21 heavy (non-hydrogen) atoms. The number of rotatable bonds is 4. The quantitative estimate of drug-likeness (QED) is 0.513. The summed E-state index contributed by atoms with van der Waals surface area (Å²) in [7, 11) is 0. The molecular formula is C14H11ClF4N2. The van der Waals surface area contributed by atoms with Gasteiger partial charge in [-0.05, 0) is 24.1 Å². The molecular weight excluding hydrogens is 308 g/mol. The number of hydrazine groups is 1. The van der Waals surface area contributed by atoms with Gasteiger partial charge in [-0.2, -0.15) is 0 Å². The van der Waals surface area contributed by atoms with Crippen LogP contribution in [-0.4, -0.2) is 0 Å². The van der Waals surface area contributed by atoms with Crippen molar-refractivity contribution in [1.82, 2.24) is 5.43 Å². The highest BCUT2D eigenvalue weighted by molar-refractivity contribution is 6.30. The first-order valence-corrected chi connectivity index (χ1v) is 6.34. The van der Waals surface area contributed by atoms with Gasteiger partial charge in [0.05, 0.1) is 11.1 Å². The molecule has 2 nitrogen and oxygen atoms in total. The van der Waals surface area contributed by atoms with Crippen LogP contribution in [0.2, 0.25) is 5.02 Å². The molecule has 112 valence electrons. The number of nitrogens with two attached hydrogens (primary N) is 1. The molecule has 7 heteroatoms. The van der Waals surface area contributed by atoms with Crippen LogP contribution in [-0.2, 0) is 6.42 Å². The smallest absolute Gasteiger partial charge is 0.142 e. The lowest BCUT2D eigenvalue weighted by molar-refractivity contribution is 0.461. The minimum absolute atomic E-state index is 0.00403. The molecule has 0 radical (unpaired) electrons. The molecule has 0 saturated carbocycles. The van der Waals surface area contributed by atoms with Crippen LogP contribution in [0, 0.1) is 23.3 Å². The van der Waals surface area contributed by atoms with Gasteiger partial charge in [-0.15, -0.1) is 0 Å². The Kier molecular flexibility index (Phi) is 4.82. The number of hydrogen-bond acceptors (Lipinski definition) is 2. The second-order valence-corrected chi connectivity index (χ2v) is 4.86. The Labute approximate surface area is 123 Å². The first kappa shape index (κ1) is 15.8. The SMILES string of the molecule is NNC(Cc1ccc(Cl)c(F)c1)c1c(F)cc(F)cc1F. The molecule has 3 N–H and O–H groups in total. The molecule has 0 bridgehead atoms. The molecule has 1 unspecified atom stereocenters. The molecule has 0 heterocycles. The van der Waals surface area contributed by atoms with E-state index in [2.05, 4.69) is 5.43 Å². The third-order valence-electron chi connectivity index (χ3n) is 3.02. The Hall–Kier alpha value is -1.63. The fourth-order valence-corrected chi connectivity index (χ4v) is 2.15. The van der Waals surface area contributed by atoms with Crippen molar-refractivity contribution >= 4 is 11.6 Å². The van der Waals surface area contributed by atoms with Crippen LogP contribution in [0.1, 0.15) is 17.2 Å². The van der Waals surface area contributed by atoms with Gasteiger partial charge >= 0.3 is 0 Å². The van der Waals surface area contributed by atoms with Crippen LogP contribution in [0.25, 0.3) is 0 Å². The van der Waals surface area contributed by atoms with E-state index in [0.29, 0.717) is 17.7 Å². The van der Waals surface area contributed by atoms with Gasteiger partial charge in [0.2, 0.25) is 0 Å². The second kappa shape index (κ2) is 6.43. The van der Waals surface area contributed by atoms with Crippen LogP contribution in [0.5, 0.6) is 0 Å². The average molecular weight is 319 g/mol. The average Bonchev–Trinajstić information content (AvgIpc) is 2.40. The minimum atomic E-state index is -1.06. The largest absolute Gasteiger partial charge is 0.271 e. The highest BCUT2D eigenvalue weighted by Crippen LogP contribution is 2.26. The van der Waals surface area contributed by atoms with E-state index < -0.39 is 34.9 Å². The summed E-state index contributed by atoms with van der Waals surface area (Å²) in [6, 6.07) is 4.13. The van der Waals surface area contributed by atoms with Crippen LogP contribution in [0.3, 0.4) is 0 Å². The van der Waals surface area contributed by atoms with E-state index in [1.54, 1.807) is 0 Å². The number of benzene rings is 2. The van der Waals surface area contributed by atoms with Crippen molar-refractivity contribution in [2.75, 3.05) is 0 Å². The Bertz CT molecular complexity index is 640. The molecule has 0 spiro atoms. The fourth-order valence-electron chi connectivity index (χ4n) is 2.03. The van der Waals surface area contributed by atoms with Gasteiger partial charge in [0.15, 0.2) is 0 Å². The fraction of sp³-hybridized carbons (Fsp3) is 0.143. The maximum Gasteiger partial charge on any atom is 0.142 e. The van der Waals surface area contributed by atoms with Crippen LogP contribution in [0.15, 0.2) is 30.3 Å². The third-order valence-corrected chi connectivity index (χ3v) is 3.32. The van der Waals surface area contributed by atoms with Gasteiger partial charge in [-0.25, -0.2) is 17.6 Å². The molecule has 0 aliphatic rings. The molecule has 0 aliphatic carbocycles. The maximum absolute atomic E-state index is 13.7. The molecule has 0 aromatic heterocycles. The number of hydrogen-bond donors (Lipinski definition) is 2. The minimum Gasteiger partial charge on any atom is -0.271 e. The molecule has 0 aliphatic heterocycles. The summed E-state index contributed by atoms with van der Waals surface area (Å²) >= 11 is 5.56. The summed E-state index contributed by atoms with van der Waals surface area (Å²) in [5, 5.41) is -0.0600. The highest BCUT2D eigenvalue weighted by atomic mass is 35.5. The first-order valence-electron chi connectivity index (χ1n) is 5.97. The number of halogens is 5. The van der Waals surface area contributed by atoms with Crippen molar-refractivity contribution in [1.29, 1.82) is 0 Å². The maximum atomic E-state index is 13.7. The van der Waals surface area contributed by atoms with Crippen molar-refractivity contribution in [3.8, 4) is 0 Å². The van der Waals surface area contributed by atoms with Gasteiger partial charge in [0.25, 0.3) is 0 Å². The van der Waals surface area contributed by atoms with E-state index in [-0.39, 0.29) is 11.4 Å². The molecule has 1 atom stereocenters. The zero-order chi connectivity index (χ0) is 15.6. The summed E-state index contributed by atoms with van der Waals surface area (Å²) < 4.78 is 53.7. The first-order chi connectivity index (χ1) is 9.92. The molecule has 0 saturated heterocycles. The molecule has 2 rings (SSSR count). The molecule has 0 fully saturated rings. The Morgan fingerprint density at radius 1 is 1.00 bits per heavy atom. The van der Waals surface area contributed by atoms with Crippen molar-refractivity contribution < 1.29 is 17.6 Å². The summed E-state index contributed by atoms with van der Waals surface area (Å²) in [5.41, 5.74) is 2.27. The lowest BCUT2D eigenvalue weighted by atomic mass is 9.98. The van der Waals surface area contributed by atoms with Crippen LogP contribution >= 0.6 is 11.6 Å². The van der Waals surface area contributed by atoms with Gasteiger partial charge in [-0.3, -0.25) is 11.3 Å². The standard InChI is InChI=1S/C14H11ClF4N2/c15-9-2-1-7(3-10(9)17)4-13(21-20)14-11(18)5-8(16)6-12(14)19/h1-3,5-6,13,21H,4,20H2. The van der Waals surface area contributed by atoms with Crippen LogP contribution < -0.4 is 11.3 Å². The zero-order valence-electron chi connectivity index (χ0n) is 10.6. The van der Waals surface area contributed by atoms with Gasteiger partial charge < -0.3 is 0 Å². The van der Waals surface area contributed by atoms with Crippen molar-refractivity contribution in [3.63, 3.8) is 0 Å². The topological polar surface area (TPSA) is 38.0 Å². The molecule has 2 aromatic carbocycles. The summed E-state index contributed by atoms with van der Waals surface area (Å²) in [4.78, 5) is 0. The van der Waals surface area contributed by atoms with E-state index in [0.717, 1.165) is 6.07 Å². The van der Waals surface area contributed by atoms with Crippen molar-refractivity contribution in [3.05, 3.63) is 69.8 Å².